The number of nitrogens with zero attached hydrogens (tertiary/aromatic N) is 1. The van der Waals surface area contributed by atoms with Gasteiger partial charge in [-0.2, -0.15) is 0 Å². The summed E-state index contributed by atoms with van der Waals surface area (Å²) < 4.78 is 0. The largest absolute Gasteiger partial charge is 0.481 e. The highest BCUT2D eigenvalue weighted by molar-refractivity contribution is 5.83. The van der Waals surface area contributed by atoms with Gasteiger partial charge in [-0.15, -0.1) is 0 Å². The quantitative estimate of drug-likeness (QED) is 0.726. The molecule has 1 heterocycles. The van der Waals surface area contributed by atoms with Crippen LogP contribution in [-0.4, -0.2) is 47.6 Å². The van der Waals surface area contributed by atoms with Crippen LogP contribution in [0.25, 0.3) is 0 Å². The predicted molar refractivity (Wildman–Crippen MR) is 60.1 cm³/mol. The highest BCUT2D eigenvalue weighted by Crippen LogP contribution is 2.09. The van der Waals surface area contributed by atoms with Gasteiger partial charge in [0.25, 0.3) is 0 Å². The third-order valence-electron chi connectivity index (χ3n) is 2.92. The molecule has 0 aliphatic carbocycles. The van der Waals surface area contributed by atoms with Gasteiger partial charge in [0.15, 0.2) is 0 Å². The van der Waals surface area contributed by atoms with Crippen molar-refractivity contribution in [3.63, 3.8) is 0 Å². The number of carbonyl (C=O) groups is 2. The minimum absolute atomic E-state index is 0.0113. The first-order valence-electron chi connectivity index (χ1n) is 5.81. The summed E-state index contributed by atoms with van der Waals surface area (Å²) in [7, 11) is 0. The zero-order valence-electron chi connectivity index (χ0n) is 9.90. The van der Waals surface area contributed by atoms with Crippen molar-refractivity contribution >= 4 is 11.9 Å². The molecule has 0 aromatic heterocycles. The van der Waals surface area contributed by atoms with Crippen molar-refractivity contribution in [1.82, 2.24) is 10.2 Å². The van der Waals surface area contributed by atoms with Crippen LogP contribution in [0.4, 0.5) is 0 Å². The SMILES string of the molecule is CCCCN1CC(C(=O)O)CNC(C)C1=O. The third kappa shape index (κ3) is 3.20. The maximum atomic E-state index is 11.9. The Labute approximate surface area is 95.8 Å². The fourth-order valence-electron chi connectivity index (χ4n) is 1.82. The Balaban J connectivity index is 2.68. The molecular weight excluding hydrogens is 208 g/mol. The Morgan fingerprint density at radius 2 is 2.31 bits per heavy atom. The average molecular weight is 228 g/mol. The molecule has 92 valence electrons. The summed E-state index contributed by atoms with van der Waals surface area (Å²) in [5.41, 5.74) is 0. The van der Waals surface area contributed by atoms with Crippen LogP contribution in [0.5, 0.6) is 0 Å². The van der Waals surface area contributed by atoms with Crippen LogP contribution in [0.15, 0.2) is 0 Å². The molecular formula is C11H20N2O3. The summed E-state index contributed by atoms with van der Waals surface area (Å²) in [5, 5.41) is 12.0. The first-order valence-corrected chi connectivity index (χ1v) is 5.81. The number of carboxylic acid groups (broad SMARTS) is 1. The lowest BCUT2D eigenvalue weighted by Crippen LogP contribution is -2.42. The molecule has 1 aliphatic rings. The van der Waals surface area contributed by atoms with E-state index in [1.807, 2.05) is 0 Å². The van der Waals surface area contributed by atoms with Crippen molar-refractivity contribution in [3.05, 3.63) is 0 Å². The number of aliphatic carboxylic acids is 1. The molecule has 2 atom stereocenters. The van der Waals surface area contributed by atoms with Gasteiger partial charge in [0.05, 0.1) is 12.0 Å². The van der Waals surface area contributed by atoms with Crippen molar-refractivity contribution in [2.45, 2.75) is 32.7 Å². The third-order valence-corrected chi connectivity index (χ3v) is 2.92. The highest BCUT2D eigenvalue weighted by Gasteiger charge is 2.30. The van der Waals surface area contributed by atoms with E-state index in [-0.39, 0.29) is 11.9 Å². The molecule has 5 heteroatoms. The van der Waals surface area contributed by atoms with Crippen LogP contribution in [0.2, 0.25) is 0 Å². The van der Waals surface area contributed by atoms with Crippen LogP contribution in [0, 0.1) is 5.92 Å². The van der Waals surface area contributed by atoms with Crippen LogP contribution in [-0.2, 0) is 9.59 Å². The Morgan fingerprint density at radius 3 is 2.88 bits per heavy atom. The normalized spacial score (nSPS) is 26.6. The van der Waals surface area contributed by atoms with Crippen LogP contribution in [0.3, 0.4) is 0 Å². The van der Waals surface area contributed by atoms with Crippen molar-refractivity contribution in [3.8, 4) is 0 Å². The second-order valence-electron chi connectivity index (χ2n) is 4.30. The minimum atomic E-state index is -0.837. The van der Waals surface area contributed by atoms with Crippen LogP contribution < -0.4 is 5.32 Å². The average Bonchev–Trinajstić information content (AvgIpc) is 2.38. The first kappa shape index (κ1) is 13.0. The summed E-state index contributed by atoms with van der Waals surface area (Å²) in [6.07, 6.45) is 1.92. The molecule has 0 aromatic rings. The Bertz CT molecular complexity index is 268. The van der Waals surface area contributed by atoms with E-state index in [1.54, 1.807) is 11.8 Å². The van der Waals surface area contributed by atoms with Gasteiger partial charge in [0, 0.05) is 19.6 Å². The molecule has 1 amide bonds. The van der Waals surface area contributed by atoms with E-state index in [0.29, 0.717) is 19.6 Å². The number of nitrogens with one attached hydrogen (secondary N) is 1. The fourth-order valence-corrected chi connectivity index (χ4v) is 1.82. The van der Waals surface area contributed by atoms with Gasteiger partial charge in [-0.3, -0.25) is 9.59 Å². The molecule has 16 heavy (non-hydrogen) atoms. The molecule has 1 fully saturated rings. The van der Waals surface area contributed by atoms with E-state index in [1.165, 1.54) is 0 Å². The molecule has 5 nitrogen and oxygen atoms in total. The monoisotopic (exact) mass is 228 g/mol. The summed E-state index contributed by atoms with van der Waals surface area (Å²) in [5.74, 6) is -1.32. The van der Waals surface area contributed by atoms with Crippen molar-refractivity contribution in [2.75, 3.05) is 19.6 Å². The van der Waals surface area contributed by atoms with Gasteiger partial charge >= 0.3 is 5.97 Å². The molecule has 0 saturated carbocycles. The zero-order valence-corrected chi connectivity index (χ0v) is 9.90. The molecule has 0 spiro atoms. The number of carbonyl (C=O) groups excluding carboxylic acids is 1. The van der Waals surface area contributed by atoms with Gasteiger partial charge in [-0.05, 0) is 13.3 Å². The first-order chi connectivity index (χ1) is 7.56. The van der Waals surface area contributed by atoms with Gasteiger partial charge in [-0.1, -0.05) is 13.3 Å². The number of rotatable bonds is 4. The standard InChI is InChI=1S/C11H20N2O3/c1-3-4-5-13-7-9(11(15)16)6-12-8(2)10(13)14/h8-9,12H,3-7H2,1-2H3,(H,15,16). The molecule has 1 rings (SSSR count). The summed E-state index contributed by atoms with van der Waals surface area (Å²) in [6, 6.07) is -0.277. The molecule has 1 saturated heterocycles. The van der Waals surface area contributed by atoms with Crippen LogP contribution >= 0.6 is 0 Å². The molecule has 2 N–H and O–H groups in total. The predicted octanol–water partition coefficient (Wildman–Crippen LogP) is 0.308. The number of amides is 1. The second-order valence-corrected chi connectivity index (χ2v) is 4.30. The lowest BCUT2D eigenvalue weighted by Gasteiger charge is -2.23. The number of carboxylic acids is 1. The maximum absolute atomic E-state index is 11.9. The van der Waals surface area contributed by atoms with Gasteiger partial charge in [0.2, 0.25) is 5.91 Å². The lowest BCUT2D eigenvalue weighted by molar-refractivity contribution is -0.142. The lowest BCUT2D eigenvalue weighted by atomic mass is 10.1. The van der Waals surface area contributed by atoms with E-state index < -0.39 is 11.9 Å². The summed E-state index contributed by atoms with van der Waals surface area (Å²) in [6.45, 7) is 5.19. The summed E-state index contributed by atoms with van der Waals surface area (Å²) >= 11 is 0. The zero-order chi connectivity index (χ0) is 12.1. The van der Waals surface area contributed by atoms with Crippen molar-refractivity contribution in [1.29, 1.82) is 0 Å². The fraction of sp³-hybridized carbons (Fsp3) is 0.818. The van der Waals surface area contributed by atoms with E-state index in [9.17, 15) is 9.59 Å². The van der Waals surface area contributed by atoms with Crippen molar-refractivity contribution in [2.24, 2.45) is 5.92 Å². The van der Waals surface area contributed by atoms with Crippen LogP contribution in [0.1, 0.15) is 26.7 Å². The van der Waals surface area contributed by atoms with Crippen molar-refractivity contribution < 1.29 is 14.7 Å². The smallest absolute Gasteiger partial charge is 0.309 e. The number of unbranched alkanes of at least 4 members (excludes halogenated alkanes) is 1. The Morgan fingerprint density at radius 1 is 1.62 bits per heavy atom. The van der Waals surface area contributed by atoms with E-state index in [0.717, 1.165) is 12.8 Å². The molecule has 2 unspecified atom stereocenters. The minimum Gasteiger partial charge on any atom is -0.481 e. The van der Waals surface area contributed by atoms with Gasteiger partial charge in [0.1, 0.15) is 0 Å². The summed E-state index contributed by atoms with van der Waals surface area (Å²) in [4.78, 5) is 24.5. The maximum Gasteiger partial charge on any atom is 0.309 e. The van der Waals surface area contributed by atoms with Gasteiger partial charge in [-0.25, -0.2) is 0 Å². The number of hydrogen-bond donors (Lipinski definition) is 2. The van der Waals surface area contributed by atoms with E-state index >= 15 is 0 Å². The van der Waals surface area contributed by atoms with Gasteiger partial charge < -0.3 is 15.3 Å². The molecule has 0 bridgehead atoms. The van der Waals surface area contributed by atoms with E-state index in [2.05, 4.69) is 12.2 Å². The Kier molecular flexibility index (Phi) is 4.73. The molecule has 0 aromatic carbocycles. The highest BCUT2D eigenvalue weighted by atomic mass is 16.4. The molecule has 0 radical (unpaired) electrons. The topological polar surface area (TPSA) is 69.6 Å². The second kappa shape index (κ2) is 5.84. The number of hydrogen-bond acceptors (Lipinski definition) is 3. The van der Waals surface area contributed by atoms with E-state index in [4.69, 9.17) is 5.11 Å². The molecule has 1 aliphatic heterocycles. The Hall–Kier alpha value is -1.10.